The molecule has 0 atom stereocenters. The van der Waals surface area contributed by atoms with Crippen LogP contribution in [0.15, 0.2) is 48.7 Å². The van der Waals surface area contributed by atoms with Gasteiger partial charge in [0.2, 0.25) is 5.91 Å². The van der Waals surface area contributed by atoms with Gasteiger partial charge in [0.1, 0.15) is 0 Å². The number of benzene rings is 2. The predicted molar refractivity (Wildman–Crippen MR) is 94.3 cm³/mol. The first kappa shape index (κ1) is 14.6. The molecule has 0 bridgehead atoms. The maximum atomic E-state index is 12.9. The van der Waals surface area contributed by atoms with Crippen molar-refractivity contribution in [2.24, 2.45) is 0 Å². The summed E-state index contributed by atoms with van der Waals surface area (Å²) in [5.74, 6) is -0.0581. The zero-order valence-corrected chi connectivity index (χ0v) is 13.7. The number of aromatic amines is 1. The van der Waals surface area contributed by atoms with Gasteiger partial charge in [0.25, 0.3) is 0 Å². The number of carbonyl (C=O) groups is 1. The van der Waals surface area contributed by atoms with E-state index in [1.807, 2.05) is 30.5 Å². The van der Waals surface area contributed by atoms with Crippen LogP contribution in [0.25, 0.3) is 10.9 Å². The number of carbonyl (C=O) groups excluding carboxylic acids is 1. The number of anilines is 1. The fraction of sp³-hybridized carbons (Fsp3) is 0.167. The Hall–Kier alpha value is -1.97. The average molecular weight is 345 g/mol. The number of rotatable bonds is 3. The molecule has 0 saturated heterocycles. The molecule has 0 radical (unpaired) electrons. The van der Waals surface area contributed by atoms with Gasteiger partial charge < -0.3 is 10.3 Å². The van der Waals surface area contributed by atoms with Crippen molar-refractivity contribution in [3.8, 4) is 0 Å². The fourth-order valence-corrected chi connectivity index (χ4v) is 3.55. The third kappa shape index (κ3) is 2.32. The summed E-state index contributed by atoms with van der Waals surface area (Å²) in [6.45, 7) is 0. The van der Waals surface area contributed by atoms with Crippen molar-refractivity contribution in [1.82, 2.24) is 4.98 Å². The summed E-state index contributed by atoms with van der Waals surface area (Å²) in [5, 5.41) is 4.90. The molecule has 1 aliphatic carbocycles. The Bertz CT molecular complexity index is 892. The van der Waals surface area contributed by atoms with Crippen LogP contribution in [0.4, 0.5) is 5.69 Å². The summed E-state index contributed by atoms with van der Waals surface area (Å²) in [6, 6.07) is 13.2. The Balaban J connectivity index is 1.71. The van der Waals surface area contributed by atoms with Gasteiger partial charge in [0, 0.05) is 17.1 Å². The van der Waals surface area contributed by atoms with Crippen LogP contribution < -0.4 is 5.32 Å². The largest absolute Gasteiger partial charge is 0.361 e. The Labute approximate surface area is 143 Å². The number of aromatic nitrogens is 1. The fourth-order valence-electron chi connectivity index (χ4n) is 3.06. The molecule has 0 unspecified atom stereocenters. The van der Waals surface area contributed by atoms with E-state index in [2.05, 4.69) is 10.3 Å². The van der Waals surface area contributed by atoms with Crippen LogP contribution in [-0.4, -0.2) is 10.9 Å². The lowest BCUT2D eigenvalue weighted by molar-refractivity contribution is -0.118. The van der Waals surface area contributed by atoms with Crippen LogP contribution in [-0.2, 0) is 10.2 Å². The van der Waals surface area contributed by atoms with Crippen molar-refractivity contribution >= 4 is 45.7 Å². The van der Waals surface area contributed by atoms with Gasteiger partial charge in [-0.1, -0.05) is 47.5 Å². The normalized spacial score (nSPS) is 15.6. The number of amides is 1. The van der Waals surface area contributed by atoms with Crippen LogP contribution in [0, 0.1) is 0 Å². The Kier molecular flexibility index (Phi) is 3.36. The van der Waals surface area contributed by atoms with E-state index in [4.69, 9.17) is 23.2 Å². The summed E-state index contributed by atoms with van der Waals surface area (Å²) < 4.78 is 0. The number of halogens is 2. The highest BCUT2D eigenvalue weighted by Crippen LogP contribution is 2.51. The first-order valence-electron chi connectivity index (χ1n) is 7.44. The monoisotopic (exact) mass is 344 g/mol. The molecule has 1 aromatic heterocycles. The van der Waals surface area contributed by atoms with E-state index in [1.165, 1.54) is 0 Å². The molecule has 0 aliphatic heterocycles. The molecule has 1 fully saturated rings. The van der Waals surface area contributed by atoms with Crippen molar-refractivity contribution < 1.29 is 4.79 Å². The van der Waals surface area contributed by atoms with Crippen molar-refractivity contribution in [2.45, 2.75) is 18.3 Å². The first-order valence-corrected chi connectivity index (χ1v) is 8.19. The van der Waals surface area contributed by atoms with E-state index in [-0.39, 0.29) is 5.91 Å². The van der Waals surface area contributed by atoms with E-state index in [1.54, 1.807) is 18.2 Å². The SMILES string of the molecule is O=C(Nc1c(Cl)cccc1Cl)C1(c2c[nH]c3ccccc23)CC1. The van der Waals surface area contributed by atoms with Gasteiger partial charge >= 0.3 is 0 Å². The van der Waals surface area contributed by atoms with Crippen molar-refractivity contribution in [2.75, 3.05) is 5.32 Å². The molecule has 0 spiro atoms. The van der Waals surface area contributed by atoms with Gasteiger partial charge in [-0.3, -0.25) is 4.79 Å². The van der Waals surface area contributed by atoms with E-state index in [0.29, 0.717) is 15.7 Å². The maximum Gasteiger partial charge on any atom is 0.235 e. The second-order valence-electron chi connectivity index (χ2n) is 5.88. The molecule has 116 valence electrons. The minimum absolute atomic E-state index is 0.0581. The van der Waals surface area contributed by atoms with Gasteiger partial charge in [-0.25, -0.2) is 0 Å². The molecule has 1 heterocycles. The van der Waals surface area contributed by atoms with Gasteiger partial charge in [-0.2, -0.15) is 0 Å². The topological polar surface area (TPSA) is 44.9 Å². The van der Waals surface area contributed by atoms with E-state index in [9.17, 15) is 4.79 Å². The lowest BCUT2D eigenvalue weighted by atomic mass is 9.94. The highest BCUT2D eigenvalue weighted by molar-refractivity contribution is 6.39. The summed E-state index contributed by atoms with van der Waals surface area (Å²) in [5.41, 5.74) is 2.06. The average Bonchev–Trinajstić information content (AvgIpc) is 3.24. The zero-order valence-electron chi connectivity index (χ0n) is 12.2. The zero-order chi connectivity index (χ0) is 16.0. The standard InChI is InChI=1S/C18H14Cl2N2O/c19-13-5-3-6-14(20)16(13)22-17(23)18(8-9-18)12-10-21-15-7-2-1-4-11(12)15/h1-7,10,21H,8-9H2,(H,22,23). The molecule has 3 aromatic rings. The molecular formula is C18H14Cl2N2O. The number of hydrogen-bond donors (Lipinski definition) is 2. The minimum atomic E-state index is -0.498. The molecule has 2 N–H and O–H groups in total. The van der Waals surface area contributed by atoms with Crippen molar-refractivity contribution in [3.63, 3.8) is 0 Å². The summed E-state index contributed by atoms with van der Waals surface area (Å²) in [6.07, 6.45) is 3.58. The molecular weight excluding hydrogens is 331 g/mol. The molecule has 3 nitrogen and oxygen atoms in total. The Morgan fingerprint density at radius 2 is 1.74 bits per heavy atom. The molecule has 5 heteroatoms. The predicted octanol–water partition coefficient (Wildman–Crippen LogP) is 5.15. The highest BCUT2D eigenvalue weighted by atomic mass is 35.5. The van der Waals surface area contributed by atoms with Gasteiger partial charge in [-0.05, 0) is 36.6 Å². The van der Waals surface area contributed by atoms with Crippen LogP contribution >= 0.6 is 23.2 Å². The quantitative estimate of drug-likeness (QED) is 0.678. The Morgan fingerprint density at radius 1 is 1.04 bits per heavy atom. The molecule has 2 aromatic carbocycles. The molecule has 1 aliphatic rings. The van der Waals surface area contributed by atoms with Crippen LogP contribution in [0.3, 0.4) is 0 Å². The van der Waals surface area contributed by atoms with Crippen LogP contribution in [0.2, 0.25) is 10.0 Å². The number of hydrogen-bond acceptors (Lipinski definition) is 1. The lowest BCUT2D eigenvalue weighted by Gasteiger charge is -2.16. The summed E-state index contributed by atoms with van der Waals surface area (Å²) in [4.78, 5) is 16.1. The first-order chi connectivity index (χ1) is 11.1. The Morgan fingerprint density at radius 3 is 2.43 bits per heavy atom. The number of fused-ring (bicyclic) bond motifs is 1. The number of H-pyrrole nitrogens is 1. The summed E-state index contributed by atoms with van der Waals surface area (Å²) in [7, 11) is 0. The van der Waals surface area contributed by atoms with Crippen molar-refractivity contribution in [1.29, 1.82) is 0 Å². The molecule has 1 amide bonds. The van der Waals surface area contributed by atoms with E-state index < -0.39 is 5.41 Å². The van der Waals surface area contributed by atoms with Gasteiger partial charge in [0.15, 0.2) is 0 Å². The smallest absolute Gasteiger partial charge is 0.235 e. The third-order valence-electron chi connectivity index (χ3n) is 4.49. The maximum absolute atomic E-state index is 12.9. The highest BCUT2D eigenvalue weighted by Gasteiger charge is 2.52. The second-order valence-corrected chi connectivity index (χ2v) is 6.70. The summed E-state index contributed by atoms with van der Waals surface area (Å²) >= 11 is 12.3. The van der Waals surface area contributed by atoms with Crippen LogP contribution in [0.1, 0.15) is 18.4 Å². The molecule has 1 saturated carbocycles. The van der Waals surface area contributed by atoms with Crippen molar-refractivity contribution in [3.05, 3.63) is 64.3 Å². The van der Waals surface area contributed by atoms with E-state index in [0.717, 1.165) is 29.3 Å². The molecule has 4 rings (SSSR count). The number of nitrogens with one attached hydrogen (secondary N) is 2. The van der Waals surface area contributed by atoms with Crippen LogP contribution in [0.5, 0.6) is 0 Å². The van der Waals surface area contributed by atoms with E-state index >= 15 is 0 Å². The lowest BCUT2D eigenvalue weighted by Crippen LogP contribution is -2.27. The second kappa shape index (κ2) is 5.29. The van der Waals surface area contributed by atoms with Gasteiger partial charge in [-0.15, -0.1) is 0 Å². The number of para-hydroxylation sites is 2. The molecule has 23 heavy (non-hydrogen) atoms. The third-order valence-corrected chi connectivity index (χ3v) is 5.12. The van der Waals surface area contributed by atoms with Gasteiger partial charge in [0.05, 0.1) is 21.1 Å². The minimum Gasteiger partial charge on any atom is -0.361 e.